The predicted molar refractivity (Wildman–Crippen MR) is 101 cm³/mol. The number of hydrogen-bond donors (Lipinski definition) is 1. The highest BCUT2D eigenvalue weighted by Gasteiger charge is 2.07. The summed E-state index contributed by atoms with van der Waals surface area (Å²) in [4.78, 5) is 16.5. The van der Waals surface area contributed by atoms with Crippen LogP contribution in [0.4, 0.5) is 0 Å². The van der Waals surface area contributed by atoms with E-state index >= 15 is 0 Å². The van der Waals surface area contributed by atoms with Gasteiger partial charge >= 0.3 is 0 Å². The lowest BCUT2D eigenvalue weighted by Crippen LogP contribution is -2.24. The number of amides is 1. The summed E-state index contributed by atoms with van der Waals surface area (Å²) in [7, 11) is 0. The van der Waals surface area contributed by atoms with E-state index in [4.69, 9.17) is 16.3 Å². The van der Waals surface area contributed by atoms with Crippen molar-refractivity contribution in [2.24, 2.45) is 0 Å². The summed E-state index contributed by atoms with van der Waals surface area (Å²) in [5.74, 6) is 0.587. The summed E-state index contributed by atoms with van der Waals surface area (Å²) in [6.07, 6.45) is 0.280. The highest BCUT2D eigenvalue weighted by molar-refractivity contribution is 7.13. The fourth-order valence-electron chi connectivity index (χ4n) is 2.20. The van der Waals surface area contributed by atoms with Crippen LogP contribution in [0.25, 0.3) is 10.6 Å². The van der Waals surface area contributed by atoms with Gasteiger partial charge in [-0.05, 0) is 18.2 Å². The molecule has 0 atom stereocenters. The average molecular weight is 373 g/mol. The van der Waals surface area contributed by atoms with Gasteiger partial charge in [-0.25, -0.2) is 4.98 Å². The predicted octanol–water partition coefficient (Wildman–Crippen LogP) is 4.55. The van der Waals surface area contributed by atoms with E-state index in [2.05, 4.69) is 10.3 Å². The zero-order chi connectivity index (χ0) is 17.5. The number of hydrogen-bond acceptors (Lipinski definition) is 4. The van der Waals surface area contributed by atoms with Crippen molar-refractivity contribution in [1.29, 1.82) is 0 Å². The van der Waals surface area contributed by atoms with Gasteiger partial charge in [-0.2, -0.15) is 0 Å². The van der Waals surface area contributed by atoms with Crippen LogP contribution in [0.3, 0.4) is 0 Å². The number of rotatable bonds is 7. The molecule has 3 rings (SSSR count). The molecule has 0 fully saturated rings. The molecule has 0 saturated heterocycles. The summed E-state index contributed by atoms with van der Waals surface area (Å²) < 4.78 is 5.51. The van der Waals surface area contributed by atoms with Gasteiger partial charge in [-0.15, -0.1) is 11.3 Å². The van der Waals surface area contributed by atoms with Crippen molar-refractivity contribution in [1.82, 2.24) is 10.3 Å². The molecule has 25 heavy (non-hydrogen) atoms. The van der Waals surface area contributed by atoms with Gasteiger partial charge in [0.2, 0.25) is 5.91 Å². The monoisotopic (exact) mass is 372 g/mol. The maximum Gasteiger partial charge on any atom is 0.223 e. The Labute approximate surface area is 155 Å². The van der Waals surface area contributed by atoms with Crippen molar-refractivity contribution in [2.75, 3.05) is 6.61 Å². The molecule has 0 unspecified atom stereocenters. The van der Waals surface area contributed by atoms with E-state index in [1.807, 2.05) is 47.8 Å². The van der Waals surface area contributed by atoms with Crippen molar-refractivity contribution in [3.63, 3.8) is 0 Å². The van der Waals surface area contributed by atoms with Crippen LogP contribution >= 0.6 is 22.9 Å². The van der Waals surface area contributed by atoms with Gasteiger partial charge in [-0.1, -0.05) is 48.0 Å². The first-order chi connectivity index (χ1) is 12.2. The quantitative estimate of drug-likeness (QED) is 0.662. The second-order valence-corrected chi connectivity index (χ2v) is 6.64. The Morgan fingerprint density at radius 3 is 2.80 bits per heavy atom. The molecule has 4 nitrogen and oxygen atoms in total. The molecule has 0 saturated carbocycles. The number of carbonyl (C=O) groups is 1. The van der Waals surface area contributed by atoms with E-state index in [0.717, 1.165) is 16.3 Å². The molecule has 1 N–H and O–H groups in total. The van der Waals surface area contributed by atoms with Gasteiger partial charge in [-0.3, -0.25) is 4.79 Å². The van der Waals surface area contributed by atoms with Gasteiger partial charge in [0.1, 0.15) is 10.8 Å². The van der Waals surface area contributed by atoms with Crippen molar-refractivity contribution in [2.45, 2.75) is 13.0 Å². The number of benzene rings is 2. The van der Waals surface area contributed by atoms with Gasteiger partial charge in [0.15, 0.2) is 0 Å². The Morgan fingerprint density at radius 2 is 2.00 bits per heavy atom. The topological polar surface area (TPSA) is 51.2 Å². The highest BCUT2D eigenvalue weighted by Crippen LogP contribution is 2.23. The Bertz CT molecular complexity index is 836. The lowest BCUT2D eigenvalue weighted by Gasteiger charge is -2.06. The van der Waals surface area contributed by atoms with E-state index in [9.17, 15) is 4.79 Å². The maximum absolute atomic E-state index is 11.9. The zero-order valence-corrected chi connectivity index (χ0v) is 15.0. The molecule has 1 heterocycles. The molecule has 0 radical (unpaired) electrons. The molecule has 1 amide bonds. The Hall–Kier alpha value is -2.37. The van der Waals surface area contributed by atoms with E-state index in [-0.39, 0.29) is 12.3 Å². The van der Waals surface area contributed by atoms with Crippen LogP contribution in [-0.2, 0) is 11.3 Å². The number of thiazole rings is 1. The minimum atomic E-state index is -0.0729. The number of halogens is 1. The molecule has 2 aromatic carbocycles. The largest absolute Gasteiger partial charge is 0.493 e. The fraction of sp³-hybridized carbons (Fsp3) is 0.158. The third kappa shape index (κ3) is 5.31. The van der Waals surface area contributed by atoms with Gasteiger partial charge in [0, 0.05) is 16.0 Å². The normalized spacial score (nSPS) is 10.4. The highest BCUT2D eigenvalue weighted by atomic mass is 35.5. The van der Waals surface area contributed by atoms with Gasteiger partial charge < -0.3 is 10.1 Å². The average Bonchev–Trinajstić information content (AvgIpc) is 3.10. The van der Waals surface area contributed by atoms with Crippen LogP contribution in [0.15, 0.2) is 60.0 Å². The second-order valence-electron chi connectivity index (χ2n) is 5.34. The third-order valence-electron chi connectivity index (χ3n) is 3.43. The van der Waals surface area contributed by atoms with Crippen molar-refractivity contribution < 1.29 is 9.53 Å². The number of aromatic nitrogens is 1. The van der Waals surface area contributed by atoms with Crippen LogP contribution in [-0.4, -0.2) is 17.5 Å². The van der Waals surface area contributed by atoms with Crippen molar-refractivity contribution >= 4 is 28.8 Å². The zero-order valence-electron chi connectivity index (χ0n) is 13.4. The molecule has 3 aromatic rings. The number of nitrogens with zero attached hydrogens (tertiary/aromatic N) is 1. The van der Waals surface area contributed by atoms with E-state index in [1.54, 1.807) is 23.5 Å². The molecule has 0 aliphatic heterocycles. The molecule has 0 bridgehead atoms. The molecule has 0 spiro atoms. The minimum Gasteiger partial charge on any atom is -0.493 e. The summed E-state index contributed by atoms with van der Waals surface area (Å²) in [5, 5.41) is 6.39. The first-order valence-electron chi connectivity index (χ1n) is 7.85. The summed E-state index contributed by atoms with van der Waals surface area (Å²) in [5.41, 5.74) is 1.94. The van der Waals surface area contributed by atoms with Gasteiger partial charge in [0.05, 0.1) is 25.3 Å². The Balaban J connectivity index is 1.43. The lowest BCUT2D eigenvalue weighted by molar-refractivity contribution is -0.121. The third-order valence-corrected chi connectivity index (χ3v) is 4.61. The molecule has 0 aliphatic carbocycles. The minimum absolute atomic E-state index is 0.0729. The second kappa shape index (κ2) is 8.65. The standard InChI is InChI=1S/C19H17ClN2O2S/c20-15-7-4-8-17(11-15)24-10-9-18(23)21-12-16-13-25-19(22-16)14-5-2-1-3-6-14/h1-8,11,13H,9-10,12H2,(H,21,23). The van der Waals surface area contributed by atoms with E-state index in [1.165, 1.54) is 0 Å². The van der Waals surface area contributed by atoms with Crippen LogP contribution in [0, 0.1) is 0 Å². The maximum atomic E-state index is 11.9. The van der Waals surface area contributed by atoms with E-state index < -0.39 is 0 Å². The molecule has 0 aliphatic rings. The molecular weight excluding hydrogens is 356 g/mol. The van der Waals surface area contributed by atoms with Crippen LogP contribution < -0.4 is 10.1 Å². The SMILES string of the molecule is O=C(CCOc1cccc(Cl)c1)NCc1csc(-c2ccccc2)n1. The summed E-state index contributed by atoms with van der Waals surface area (Å²) >= 11 is 7.46. The number of carbonyl (C=O) groups excluding carboxylic acids is 1. The smallest absolute Gasteiger partial charge is 0.223 e. The van der Waals surface area contributed by atoms with E-state index in [0.29, 0.717) is 23.9 Å². The number of ether oxygens (including phenoxy) is 1. The molecule has 1 aromatic heterocycles. The summed E-state index contributed by atoms with van der Waals surface area (Å²) in [6, 6.07) is 17.1. The lowest BCUT2D eigenvalue weighted by atomic mass is 10.2. The molecular formula is C19H17ClN2O2S. The molecule has 6 heteroatoms. The van der Waals surface area contributed by atoms with Crippen LogP contribution in [0.5, 0.6) is 5.75 Å². The fourth-order valence-corrected chi connectivity index (χ4v) is 3.20. The van der Waals surface area contributed by atoms with Gasteiger partial charge in [0.25, 0.3) is 0 Å². The van der Waals surface area contributed by atoms with Crippen LogP contribution in [0.1, 0.15) is 12.1 Å². The Kier molecular flexibility index (Phi) is 6.04. The first kappa shape index (κ1) is 17.5. The summed E-state index contributed by atoms with van der Waals surface area (Å²) in [6.45, 7) is 0.720. The Morgan fingerprint density at radius 1 is 1.16 bits per heavy atom. The molecule has 128 valence electrons. The van der Waals surface area contributed by atoms with Crippen molar-refractivity contribution in [3.05, 3.63) is 70.7 Å². The van der Waals surface area contributed by atoms with Crippen molar-refractivity contribution in [3.8, 4) is 16.3 Å². The number of nitrogens with one attached hydrogen (secondary N) is 1. The first-order valence-corrected chi connectivity index (χ1v) is 9.11. The van der Waals surface area contributed by atoms with Crippen LogP contribution in [0.2, 0.25) is 5.02 Å².